The van der Waals surface area contributed by atoms with E-state index in [9.17, 15) is 0 Å². The number of benzene rings is 2. The molecule has 0 radical (unpaired) electrons. The monoisotopic (exact) mass is 381 g/mol. The molecule has 1 unspecified atom stereocenters. The maximum atomic E-state index is 4.66. The van der Waals surface area contributed by atoms with Gasteiger partial charge in [0.1, 0.15) is 6.17 Å². The van der Waals surface area contributed by atoms with E-state index in [1.807, 2.05) is 30.6 Å². The first kappa shape index (κ1) is 17.6. The summed E-state index contributed by atoms with van der Waals surface area (Å²) in [6.07, 6.45) is 5.75. The Morgan fingerprint density at radius 2 is 1.76 bits per heavy atom. The minimum atomic E-state index is 0.00712. The number of anilines is 2. The number of nitrogens with zero attached hydrogens (tertiary/aromatic N) is 2. The lowest BCUT2D eigenvalue weighted by Crippen LogP contribution is -2.37. The topological polar surface area (TPSA) is 61.9 Å². The molecule has 0 bridgehead atoms. The van der Waals surface area contributed by atoms with Crippen LogP contribution in [0.3, 0.4) is 0 Å². The quantitative estimate of drug-likeness (QED) is 0.475. The summed E-state index contributed by atoms with van der Waals surface area (Å²) >= 11 is 0. The second kappa shape index (κ2) is 7.89. The summed E-state index contributed by atoms with van der Waals surface area (Å²) in [6, 6.07) is 23.1. The van der Waals surface area contributed by atoms with Gasteiger partial charge >= 0.3 is 0 Å². The Morgan fingerprint density at radius 1 is 0.897 bits per heavy atom. The summed E-state index contributed by atoms with van der Waals surface area (Å²) in [5.74, 6) is 0. The predicted octanol–water partition coefficient (Wildman–Crippen LogP) is 4.50. The predicted molar refractivity (Wildman–Crippen MR) is 118 cm³/mol. The number of aryl methyl sites for hydroxylation is 2. The molecular formula is C24H23N5. The fourth-order valence-electron chi connectivity index (χ4n) is 3.76. The van der Waals surface area contributed by atoms with E-state index < -0.39 is 0 Å². The lowest BCUT2D eigenvalue weighted by molar-refractivity contribution is 0.594. The molecule has 1 aliphatic heterocycles. The average Bonchev–Trinajstić information content (AvgIpc) is 2.78. The van der Waals surface area contributed by atoms with Crippen molar-refractivity contribution in [3.63, 3.8) is 0 Å². The van der Waals surface area contributed by atoms with Crippen LogP contribution in [0.4, 0.5) is 11.4 Å². The molecule has 2 aromatic heterocycles. The van der Waals surface area contributed by atoms with E-state index in [1.54, 1.807) is 0 Å². The van der Waals surface area contributed by atoms with Gasteiger partial charge in [0.15, 0.2) is 0 Å². The van der Waals surface area contributed by atoms with Crippen LogP contribution < -0.4 is 16.0 Å². The molecule has 0 saturated heterocycles. The van der Waals surface area contributed by atoms with Crippen molar-refractivity contribution in [1.29, 1.82) is 0 Å². The van der Waals surface area contributed by atoms with Crippen LogP contribution in [0.1, 0.15) is 23.0 Å². The first-order valence-electron chi connectivity index (χ1n) is 9.96. The second-order valence-corrected chi connectivity index (χ2v) is 7.30. The Labute approximate surface area is 170 Å². The maximum Gasteiger partial charge on any atom is 0.107 e. The molecule has 0 spiro atoms. The van der Waals surface area contributed by atoms with Crippen molar-refractivity contribution >= 4 is 22.3 Å². The van der Waals surface area contributed by atoms with Gasteiger partial charge in [-0.15, -0.1) is 0 Å². The molecule has 3 N–H and O–H groups in total. The number of para-hydroxylation sites is 1. The first-order chi connectivity index (χ1) is 14.3. The van der Waals surface area contributed by atoms with Gasteiger partial charge in [-0.05, 0) is 36.6 Å². The molecule has 0 fully saturated rings. The molecule has 29 heavy (non-hydrogen) atoms. The standard InChI is InChI=1S/C24H23N5/c1-2-6-17(7-3-1)10-11-19-13-21-23(15-25-19)27-16-28-24(21)29-20-12-18-8-4-5-9-22(18)26-14-20/h1-9,12-15,24,27-29H,10-11,16H2. The summed E-state index contributed by atoms with van der Waals surface area (Å²) in [4.78, 5) is 9.22. The van der Waals surface area contributed by atoms with Crippen LogP contribution in [0.5, 0.6) is 0 Å². The van der Waals surface area contributed by atoms with Crippen LogP contribution >= 0.6 is 0 Å². The molecule has 5 heteroatoms. The summed E-state index contributed by atoms with van der Waals surface area (Å²) < 4.78 is 0. The third-order valence-corrected chi connectivity index (χ3v) is 5.30. The molecule has 3 heterocycles. The zero-order valence-electron chi connectivity index (χ0n) is 16.1. The number of pyridine rings is 2. The molecule has 5 rings (SSSR count). The van der Waals surface area contributed by atoms with Gasteiger partial charge in [-0.1, -0.05) is 48.5 Å². The SMILES string of the molecule is c1ccc(CCc2cc3c(cn2)NCNC3Nc2cnc3ccccc3c2)cc1. The highest BCUT2D eigenvalue weighted by Crippen LogP contribution is 2.28. The molecule has 0 amide bonds. The van der Waals surface area contributed by atoms with Gasteiger partial charge in [0.05, 0.1) is 36.0 Å². The van der Waals surface area contributed by atoms with Crippen LogP contribution in [0.25, 0.3) is 10.9 Å². The Balaban J connectivity index is 1.37. The zero-order valence-corrected chi connectivity index (χ0v) is 16.1. The van der Waals surface area contributed by atoms with E-state index in [1.165, 1.54) is 11.1 Å². The van der Waals surface area contributed by atoms with Crippen LogP contribution in [-0.2, 0) is 12.8 Å². The summed E-state index contributed by atoms with van der Waals surface area (Å²) in [7, 11) is 0. The fraction of sp³-hybridized carbons (Fsp3) is 0.167. The molecule has 1 atom stereocenters. The minimum Gasteiger partial charge on any atom is -0.371 e. The summed E-state index contributed by atoms with van der Waals surface area (Å²) in [6.45, 7) is 0.691. The lowest BCUT2D eigenvalue weighted by atomic mass is 10.0. The van der Waals surface area contributed by atoms with Crippen LogP contribution in [-0.4, -0.2) is 16.6 Å². The number of fused-ring (bicyclic) bond motifs is 2. The minimum absolute atomic E-state index is 0.00712. The smallest absolute Gasteiger partial charge is 0.107 e. The molecule has 5 nitrogen and oxygen atoms in total. The van der Waals surface area contributed by atoms with Crippen molar-refractivity contribution in [2.75, 3.05) is 17.3 Å². The zero-order chi connectivity index (χ0) is 19.5. The van der Waals surface area contributed by atoms with E-state index in [4.69, 9.17) is 0 Å². The second-order valence-electron chi connectivity index (χ2n) is 7.30. The number of hydrogen-bond acceptors (Lipinski definition) is 5. The van der Waals surface area contributed by atoms with Crippen molar-refractivity contribution in [3.8, 4) is 0 Å². The molecule has 0 saturated carbocycles. The van der Waals surface area contributed by atoms with Crippen LogP contribution in [0.2, 0.25) is 0 Å². The van der Waals surface area contributed by atoms with E-state index in [0.717, 1.165) is 40.8 Å². The molecule has 2 aromatic carbocycles. The van der Waals surface area contributed by atoms with Crippen molar-refractivity contribution in [2.45, 2.75) is 19.0 Å². The maximum absolute atomic E-state index is 4.66. The first-order valence-corrected chi connectivity index (χ1v) is 9.96. The van der Waals surface area contributed by atoms with Crippen LogP contribution in [0.15, 0.2) is 79.1 Å². The fourth-order valence-corrected chi connectivity index (χ4v) is 3.76. The number of hydrogen-bond donors (Lipinski definition) is 3. The highest BCUT2D eigenvalue weighted by molar-refractivity contribution is 5.81. The van der Waals surface area contributed by atoms with E-state index in [2.05, 4.69) is 74.4 Å². The summed E-state index contributed by atoms with van der Waals surface area (Å²) in [5.41, 5.74) is 6.68. The van der Waals surface area contributed by atoms with Gasteiger partial charge < -0.3 is 10.6 Å². The molecule has 4 aromatic rings. The van der Waals surface area contributed by atoms with Crippen LogP contribution in [0, 0.1) is 0 Å². The number of rotatable bonds is 5. The Hall–Kier alpha value is -3.44. The lowest BCUT2D eigenvalue weighted by Gasteiger charge is -2.29. The van der Waals surface area contributed by atoms with Gasteiger partial charge in [0.25, 0.3) is 0 Å². The largest absolute Gasteiger partial charge is 0.371 e. The molecule has 144 valence electrons. The Kier molecular flexibility index (Phi) is 4.80. The Morgan fingerprint density at radius 3 is 2.69 bits per heavy atom. The highest BCUT2D eigenvalue weighted by atomic mass is 15.2. The molecular weight excluding hydrogens is 358 g/mol. The van der Waals surface area contributed by atoms with Gasteiger partial charge in [-0.25, -0.2) is 0 Å². The van der Waals surface area contributed by atoms with Gasteiger partial charge in [0.2, 0.25) is 0 Å². The van der Waals surface area contributed by atoms with E-state index in [0.29, 0.717) is 6.67 Å². The van der Waals surface area contributed by atoms with E-state index >= 15 is 0 Å². The van der Waals surface area contributed by atoms with Crippen molar-refractivity contribution in [3.05, 3.63) is 95.9 Å². The summed E-state index contributed by atoms with van der Waals surface area (Å²) in [5, 5.41) is 11.6. The van der Waals surface area contributed by atoms with Gasteiger partial charge in [0, 0.05) is 16.6 Å². The third-order valence-electron chi connectivity index (χ3n) is 5.30. The van der Waals surface area contributed by atoms with Crippen molar-refractivity contribution < 1.29 is 0 Å². The van der Waals surface area contributed by atoms with Gasteiger partial charge in [-0.2, -0.15) is 0 Å². The van der Waals surface area contributed by atoms with Crippen molar-refractivity contribution in [2.24, 2.45) is 0 Å². The highest BCUT2D eigenvalue weighted by Gasteiger charge is 2.20. The molecule has 0 aliphatic carbocycles. The average molecular weight is 381 g/mol. The third kappa shape index (κ3) is 3.91. The molecule has 1 aliphatic rings. The number of nitrogens with one attached hydrogen (secondary N) is 3. The number of aromatic nitrogens is 2. The van der Waals surface area contributed by atoms with Crippen molar-refractivity contribution in [1.82, 2.24) is 15.3 Å². The van der Waals surface area contributed by atoms with E-state index in [-0.39, 0.29) is 6.17 Å². The Bertz CT molecular complexity index is 1130. The normalized spacial score (nSPS) is 15.5. The van der Waals surface area contributed by atoms with Gasteiger partial charge in [-0.3, -0.25) is 15.3 Å².